The van der Waals surface area contributed by atoms with Crippen LogP contribution >= 0.6 is 0 Å². The molecule has 1 aliphatic carbocycles. The Labute approximate surface area is 164 Å². The van der Waals surface area contributed by atoms with Crippen LogP contribution in [0, 0.1) is 0 Å². The van der Waals surface area contributed by atoms with E-state index in [1.807, 2.05) is 19.2 Å². The Kier molecular flexibility index (Phi) is 5.59. The average Bonchev–Trinajstić information content (AvgIpc) is 3.31. The van der Waals surface area contributed by atoms with Crippen LogP contribution in [0.2, 0.25) is 0 Å². The fraction of sp³-hybridized carbons (Fsp3) is 0.579. The Bertz CT molecular complexity index is 895. The molecule has 0 N–H and O–H groups in total. The van der Waals surface area contributed by atoms with Crippen molar-refractivity contribution in [2.24, 2.45) is 7.05 Å². The normalized spacial score (nSPS) is 15.1. The van der Waals surface area contributed by atoms with Crippen LogP contribution < -0.4 is 4.74 Å². The summed E-state index contributed by atoms with van der Waals surface area (Å²) >= 11 is 0. The zero-order chi connectivity index (χ0) is 19.3. The van der Waals surface area contributed by atoms with E-state index in [4.69, 9.17) is 4.74 Å². The van der Waals surface area contributed by atoms with E-state index in [1.54, 1.807) is 15.7 Å². The van der Waals surface area contributed by atoms with Gasteiger partial charge in [0.15, 0.2) is 5.82 Å². The van der Waals surface area contributed by atoms with Crippen LogP contribution in [0.4, 0.5) is 0 Å². The molecular weight excluding hydrogens is 356 g/mol. The number of aromatic nitrogens is 8. The van der Waals surface area contributed by atoms with E-state index in [1.165, 1.54) is 19.3 Å². The molecule has 0 saturated heterocycles. The summed E-state index contributed by atoms with van der Waals surface area (Å²) in [5.41, 5.74) is 2.36. The first-order chi connectivity index (χ1) is 13.7. The number of ether oxygens (including phenoxy) is 1. The zero-order valence-corrected chi connectivity index (χ0v) is 16.5. The molecule has 1 fully saturated rings. The summed E-state index contributed by atoms with van der Waals surface area (Å²) in [6.07, 6.45) is 9.95. The van der Waals surface area contributed by atoms with E-state index >= 15 is 0 Å². The first-order valence-corrected chi connectivity index (χ1v) is 10.0. The molecule has 3 aromatic rings. The summed E-state index contributed by atoms with van der Waals surface area (Å²) in [6.45, 7) is 2.54. The number of pyridine rings is 1. The van der Waals surface area contributed by atoms with Gasteiger partial charge in [-0.2, -0.15) is 4.80 Å². The van der Waals surface area contributed by atoms with Crippen molar-refractivity contribution in [2.45, 2.75) is 64.5 Å². The lowest BCUT2D eigenvalue weighted by Gasteiger charge is -2.22. The van der Waals surface area contributed by atoms with Crippen LogP contribution in [-0.4, -0.2) is 46.3 Å². The summed E-state index contributed by atoms with van der Waals surface area (Å²) in [5.74, 6) is 1.56. The van der Waals surface area contributed by atoms with E-state index in [9.17, 15) is 0 Å². The number of aryl methyl sites for hydroxylation is 2. The smallest absolute Gasteiger partial charge is 0.174 e. The molecule has 0 bridgehead atoms. The highest BCUT2D eigenvalue weighted by Gasteiger charge is 2.18. The van der Waals surface area contributed by atoms with Gasteiger partial charge < -0.3 is 4.74 Å². The van der Waals surface area contributed by atoms with Gasteiger partial charge in [0.1, 0.15) is 18.0 Å². The first-order valence-electron chi connectivity index (χ1n) is 10.0. The van der Waals surface area contributed by atoms with Gasteiger partial charge in [-0.25, -0.2) is 4.68 Å². The molecule has 3 aromatic heterocycles. The van der Waals surface area contributed by atoms with Crippen LogP contribution in [0.3, 0.4) is 0 Å². The van der Waals surface area contributed by atoms with Crippen molar-refractivity contribution in [2.75, 3.05) is 0 Å². The van der Waals surface area contributed by atoms with Crippen molar-refractivity contribution < 1.29 is 4.74 Å². The molecule has 4 rings (SSSR count). The lowest BCUT2D eigenvalue weighted by Crippen LogP contribution is -2.19. The first kappa shape index (κ1) is 18.5. The average molecular weight is 382 g/mol. The molecule has 3 heterocycles. The quantitative estimate of drug-likeness (QED) is 0.619. The maximum atomic E-state index is 6.07. The number of rotatable bonds is 7. The molecule has 9 nitrogen and oxygen atoms in total. The summed E-state index contributed by atoms with van der Waals surface area (Å²) in [6, 6.07) is 3.89. The Morgan fingerprint density at radius 3 is 2.71 bits per heavy atom. The SMILES string of the molecule is CCCc1nnn(Cc2c(-c3ccc(OC4CCCCC4)cn3)nnn2C)n1. The van der Waals surface area contributed by atoms with Gasteiger partial charge in [-0.1, -0.05) is 18.6 Å². The maximum absolute atomic E-state index is 6.07. The minimum absolute atomic E-state index is 0.309. The standard InChI is InChI=1S/C19H26N8O/c1-3-7-18-21-25-27(23-18)13-17-19(22-24-26(17)2)16-11-10-15(12-20-16)28-14-8-5-4-6-9-14/h10-12,14H,3-9,13H2,1-2H3. The van der Waals surface area contributed by atoms with Crippen LogP contribution in [0.25, 0.3) is 11.4 Å². The molecule has 1 saturated carbocycles. The summed E-state index contributed by atoms with van der Waals surface area (Å²) in [7, 11) is 1.86. The number of tetrazole rings is 1. The van der Waals surface area contributed by atoms with Gasteiger partial charge in [0.25, 0.3) is 0 Å². The van der Waals surface area contributed by atoms with Crippen LogP contribution in [0.15, 0.2) is 18.3 Å². The molecular formula is C19H26N8O. The highest BCUT2D eigenvalue weighted by atomic mass is 16.5. The minimum atomic E-state index is 0.309. The second kappa shape index (κ2) is 8.45. The van der Waals surface area contributed by atoms with E-state index in [0.29, 0.717) is 12.6 Å². The van der Waals surface area contributed by atoms with Crippen molar-refractivity contribution in [1.82, 2.24) is 40.2 Å². The van der Waals surface area contributed by atoms with Crippen LogP contribution in [-0.2, 0) is 20.0 Å². The van der Waals surface area contributed by atoms with Crippen LogP contribution in [0.1, 0.15) is 57.0 Å². The largest absolute Gasteiger partial charge is 0.489 e. The maximum Gasteiger partial charge on any atom is 0.174 e. The van der Waals surface area contributed by atoms with Gasteiger partial charge in [0.05, 0.1) is 23.7 Å². The number of hydrogen-bond donors (Lipinski definition) is 0. The molecule has 0 atom stereocenters. The molecule has 0 amide bonds. The van der Waals surface area contributed by atoms with Crippen molar-refractivity contribution in [3.63, 3.8) is 0 Å². The predicted octanol–water partition coefficient (Wildman–Crippen LogP) is 2.58. The molecule has 0 spiro atoms. The summed E-state index contributed by atoms with van der Waals surface area (Å²) < 4.78 is 7.80. The van der Waals surface area contributed by atoms with Crippen molar-refractivity contribution in [3.8, 4) is 17.1 Å². The van der Waals surface area contributed by atoms with Crippen LogP contribution in [0.5, 0.6) is 5.75 Å². The molecule has 28 heavy (non-hydrogen) atoms. The molecule has 148 valence electrons. The van der Waals surface area contributed by atoms with E-state index < -0.39 is 0 Å². The second-order valence-corrected chi connectivity index (χ2v) is 7.25. The number of hydrogen-bond acceptors (Lipinski definition) is 7. The predicted molar refractivity (Wildman–Crippen MR) is 103 cm³/mol. The lowest BCUT2D eigenvalue weighted by atomic mass is 9.98. The Morgan fingerprint density at radius 1 is 1.11 bits per heavy atom. The zero-order valence-electron chi connectivity index (χ0n) is 16.5. The van der Waals surface area contributed by atoms with E-state index in [-0.39, 0.29) is 0 Å². The Balaban J connectivity index is 1.49. The van der Waals surface area contributed by atoms with Gasteiger partial charge in [-0.3, -0.25) is 4.98 Å². The Hall–Kier alpha value is -2.84. The second-order valence-electron chi connectivity index (χ2n) is 7.25. The Morgan fingerprint density at radius 2 is 1.96 bits per heavy atom. The lowest BCUT2D eigenvalue weighted by molar-refractivity contribution is 0.154. The topological polar surface area (TPSA) is 96.4 Å². The highest BCUT2D eigenvalue weighted by Crippen LogP contribution is 2.25. The summed E-state index contributed by atoms with van der Waals surface area (Å²) in [5, 5.41) is 21.1. The van der Waals surface area contributed by atoms with Gasteiger partial charge in [-0.05, 0) is 49.5 Å². The third kappa shape index (κ3) is 4.18. The fourth-order valence-electron chi connectivity index (χ4n) is 3.52. The third-order valence-electron chi connectivity index (χ3n) is 5.04. The van der Waals surface area contributed by atoms with Gasteiger partial charge in [0, 0.05) is 13.5 Å². The van der Waals surface area contributed by atoms with Gasteiger partial charge >= 0.3 is 0 Å². The number of nitrogens with zero attached hydrogens (tertiary/aromatic N) is 8. The minimum Gasteiger partial charge on any atom is -0.489 e. The van der Waals surface area contributed by atoms with Gasteiger partial charge in [-0.15, -0.1) is 15.3 Å². The molecule has 0 aromatic carbocycles. The summed E-state index contributed by atoms with van der Waals surface area (Å²) in [4.78, 5) is 6.14. The molecule has 1 aliphatic rings. The molecule has 0 unspecified atom stereocenters. The highest BCUT2D eigenvalue weighted by molar-refractivity contribution is 5.57. The van der Waals surface area contributed by atoms with E-state index in [0.717, 1.165) is 54.3 Å². The fourth-order valence-corrected chi connectivity index (χ4v) is 3.52. The van der Waals surface area contributed by atoms with Crippen molar-refractivity contribution in [1.29, 1.82) is 0 Å². The van der Waals surface area contributed by atoms with Crippen molar-refractivity contribution >= 4 is 0 Å². The molecule has 0 aliphatic heterocycles. The molecule has 0 radical (unpaired) electrons. The molecule has 9 heteroatoms. The van der Waals surface area contributed by atoms with E-state index in [2.05, 4.69) is 37.6 Å². The van der Waals surface area contributed by atoms with Crippen molar-refractivity contribution in [3.05, 3.63) is 29.8 Å². The monoisotopic (exact) mass is 382 g/mol. The van der Waals surface area contributed by atoms with Gasteiger partial charge in [0.2, 0.25) is 0 Å². The third-order valence-corrected chi connectivity index (χ3v) is 5.04.